The molecule has 1 atom stereocenters. The lowest BCUT2D eigenvalue weighted by molar-refractivity contribution is 0.151. The van der Waals surface area contributed by atoms with Gasteiger partial charge in [-0.1, -0.05) is 121 Å². The molecule has 1 unspecified atom stereocenters. The van der Waals surface area contributed by atoms with Crippen LogP contribution in [0.1, 0.15) is 109 Å². The minimum absolute atomic E-state index is 0.162. The topological polar surface area (TPSA) is 32.3 Å². The molecule has 178 valence electrons. The number of hydrogen-bond acceptors (Lipinski definition) is 2. The molecule has 0 amide bonds. The van der Waals surface area contributed by atoms with E-state index in [9.17, 15) is 5.11 Å². The zero-order valence-electron chi connectivity index (χ0n) is 20.5. The number of benzene rings is 2. The molecule has 0 fully saturated rings. The van der Waals surface area contributed by atoms with E-state index in [1.54, 1.807) is 0 Å². The van der Waals surface area contributed by atoms with E-state index in [0.29, 0.717) is 0 Å². The van der Waals surface area contributed by atoms with Crippen molar-refractivity contribution in [3.8, 4) is 0 Å². The van der Waals surface area contributed by atoms with Crippen molar-refractivity contribution in [3.63, 3.8) is 0 Å². The third-order valence-corrected chi connectivity index (χ3v) is 6.42. The normalized spacial score (nSPS) is 12.1. The van der Waals surface area contributed by atoms with Gasteiger partial charge in [0.2, 0.25) is 0 Å². The van der Waals surface area contributed by atoms with Gasteiger partial charge in [-0.2, -0.15) is 0 Å². The van der Waals surface area contributed by atoms with Crippen LogP contribution in [0.25, 0.3) is 0 Å². The lowest BCUT2D eigenvalue weighted by Gasteiger charge is -2.11. The molecule has 0 aliphatic rings. The van der Waals surface area contributed by atoms with Crippen molar-refractivity contribution in [1.29, 1.82) is 0 Å². The monoisotopic (exact) mass is 437 g/mol. The molecule has 2 heteroatoms. The predicted molar refractivity (Wildman–Crippen MR) is 141 cm³/mol. The summed E-state index contributed by atoms with van der Waals surface area (Å²) in [7, 11) is 0. The van der Waals surface area contributed by atoms with E-state index in [1.165, 1.54) is 89.0 Å². The molecule has 0 heterocycles. The summed E-state index contributed by atoms with van der Waals surface area (Å²) < 4.78 is 0. The van der Waals surface area contributed by atoms with Gasteiger partial charge in [0.25, 0.3) is 0 Å². The van der Waals surface area contributed by atoms with E-state index in [4.69, 9.17) is 0 Å². The second kappa shape index (κ2) is 17.7. The number of anilines is 2. The highest BCUT2D eigenvalue weighted by molar-refractivity contribution is 5.59. The summed E-state index contributed by atoms with van der Waals surface area (Å²) in [6, 6.07) is 18.8. The Morgan fingerprint density at radius 3 is 1.66 bits per heavy atom. The zero-order valence-corrected chi connectivity index (χ0v) is 20.5. The molecular formula is C30H47NO. The summed E-state index contributed by atoms with van der Waals surface area (Å²) in [6.07, 6.45) is 20.5. The summed E-state index contributed by atoms with van der Waals surface area (Å²) in [4.78, 5) is 0. The molecule has 0 aromatic heterocycles. The Morgan fingerprint density at radius 1 is 0.594 bits per heavy atom. The molecule has 0 saturated carbocycles. The molecule has 2 aromatic carbocycles. The molecule has 2 aromatic rings. The van der Waals surface area contributed by atoms with Gasteiger partial charge in [-0.3, -0.25) is 0 Å². The Kier molecular flexibility index (Phi) is 14.6. The third-order valence-electron chi connectivity index (χ3n) is 6.42. The van der Waals surface area contributed by atoms with Crippen LogP contribution in [0.5, 0.6) is 0 Å². The lowest BCUT2D eigenvalue weighted by atomic mass is 10.0. The average molecular weight is 438 g/mol. The highest BCUT2D eigenvalue weighted by Gasteiger charge is 2.05. The fraction of sp³-hybridized carbons (Fsp3) is 0.600. The van der Waals surface area contributed by atoms with Crippen LogP contribution >= 0.6 is 0 Å². The third kappa shape index (κ3) is 12.9. The average Bonchev–Trinajstić information content (AvgIpc) is 2.82. The Labute approximate surface area is 197 Å². The minimum Gasteiger partial charge on any atom is -0.393 e. The fourth-order valence-electron chi connectivity index (χ4n) is 4.32. The molecule has 0 aliphatic carbocycles. The molecule has 2 rings (SSSR count). The zero-order chi connectivity index (χ0) is 22.7. The Hall–Kier alpha value is -1.80. The first-order chi connectivity index (χ1) is 15.8. The summed E-state index contributed by atoms with van der Waals surface area (Å²) in [5, 5.41) is 13.7. The molecule has 0 aliphatic heterocycles. The van der Waals surface area contributed by atoms with E-state index in [2.05, 4.69) is 48.6 Å². The number of unbranched alkanes of at least 4 members (excludes halogenated alkanes) is 12. The molecule has 2 nitrogen and oxygen atoms in total. The van der Waals surface area contributed by atoms with Gasteiger partial charge in [0.15, 0.2) is 0 Å². The molecule has 0 saturated heterocycles. The first-order valence-corrected chi connectivity index (χ1v) is 13.4. The maximum Gasteiger partial charge on any atom is 0.0543 e. The quantitative estimate of drug-likeness (QED) is 0.215. The minimum atomic E-state index is -0.162. The number of aryl methyl sites for hydroxylation is 1. The smallest absolute Gasteiger partial charge is 0.0543 e. The van der Waals surface area contributed by atoms with Crippen molar-refractivity contribution >= 4 is 11.4 Å². The van der Waals surface area contributed by atoms with Crippen molar-refractivity contribution in [2.24, 2.45) is 0 Å². The van der Waals surface area contributed by atoms with Gasteiger partial charge < -0.3 is 10.4 Å². The van der Waals surface area contributed by atoms with Crippen molar-refractivity contribution in [2.45, 2.75) is 116 Å². The number of aliphatic hydroxyl groups excluding tert-OH is 1. The van der Waals surface area contributed by atoms with Crippen molar-refractivity contribution in [3.05, 3.63) is 60.2 Å². The van der Waals surface area contributed by atoms with E-state index in [0.717, 1.165) is 30.6 Å². The second-order valence-corrected chi connectivity index (χ2v) is 9.41. The van der Waals surface area contributed by atoms with Crippen molar-refractivity contribution in [2.75, 3.05) is 5.32 Å². The van der Waals surface area contributed by atoms with Crippen LogP contribution < -0.4 is 5.32 Å². The van der Waals surface area contributed by atoms with E-state index in [1.807, 2.05) is 18.2 Å². The highest BCUT2D eigenvalue weighted by atomic mass is 16.3. The van der Waals surface area contributed by atoms with E-state index >= 15 is 0 Å². The van der Waals surface area contributed by atoms with Crippen molar-refractivity contribution in [1.82, 2.24) is 0 Å². The maximum absolute atomic E-state index is 10.3. The first-order valence-electron chi connectivity index (χ1n) is 13.4. The van der Waals surface area contributed by atoms with Crippen LogP contribution in [0.2, 0.25) is 0 Å². The number of hydrogen-bond donors (Lipinski definition) is 2. The molecule has 2 N–H and O–H groups in total. The predicted octanol–water partition coefficient (Wildman–Crippen LogP) is 9.21. The van der Waals surface area contributed by atoms with Crippen LogP contribution in [-0.4, -0.2) is 11.2 Å². The summed E-state index contributed by atoms with van der Waals surface area (Å²) in [6.45, 7) is 2.28. The Morgan fingerprint density at radius 2 is 1.09 bits per heavy atom. The van der Waals surface area contributed by atoms with Crippen LogP contribution in [0, 0.1) is 0 Å². The fourth-order valence-corrected chi connectivity index (χ4v) is 4.32. The summed E-state index contributed by atoms with van der Waals surface area (Å²) in [5.41, 5.74) is 3.51. The number of aliphatic hydroxyl groups is 1. The molecular weight excluding hydrogens is 390 g/mol. The molecule has 0 radical (unpaired) electrons. The van der Waals surface area contributed by atoms with Gasteiger partial charge >= 0.3 is 0 Å². The van der Waals surface area contributed by atoms with Crippen LogP contribution in [0.3, 0.4) is 0 Å². The Balaban J connectivity index is 1.42. The Bertz CT molecular complexity index is 667. The van der Waals surface area contributed by atoms with Gasteiger partial charge in [-0.25, -0.2) is 0 Å². The number of rotatable bonds is 19. The summed E-state index contributed by atoms with van der Waals surface area (Å²) in [5.74, 6) is 0. The van der Waals surface area contributed by atoms with Crippen LogP contribution in [0.15, 0.2) is 54.6 Å². The van der Waals surface area contributed by atoms with Gasteiger partial charge in [0, 0.05) is 11.4 Å². The lowest BCUT2D eigenvalue weighted by Crippen LogP contribution is -2.07. The standard InChI is InChI=1S/C30H47NO/c1-2-3-4-5-6-7-8-9-10-11-12-13-17-20-30(32)26-23-27-21-24-29(25-22-27)31-28-18-15-14-16-19-28/h14-16,18-19,21-22,24-25,30-32H,2-13,17,20,23,26H2,1H3. The molecule has 0 bridgehead atoms. The number of nitrogens with one attached hydrogen (secondary N) is 1. The van der Waals surface area contributed by atoms with Gasteiger partial charge in [-0.05, 0) is 49.1 Å². The van der Waals surface area contributed by atoms with Crippen LogP contribution in [0.4, 0.5) is 11.4 Å². The highest BCUT2D eigenvalue weighted by Crippen LogP contribution is 2.18. The number of para-hydroxylation sites is 1. The molecule has 32 heavy (non-hydrogen) atoms. The van der Waals surface area contributed by atoms with E-state index in [-0.39, 0.29) is 6.10 Å². The summed E-state index contributed by atoms with van der Waals surface area (Å²) >= 11 is 0. The first kappa shape index (κ1) is 26.5. The van der Waals surface area contributed by atoms with Gasteiger partial charge in [0.05, 0.1) is 6.10 Å². The second-order valence-electron chi connectivity index (χ2n) is 9.41. The van der Waals surface area contributed by atoms with Crippen LogP contribution in [-0.2, 0) is 6.42 Å². The SMILES string of the molecule is CCCCCCCCCCCCCCCC(O)CCc1ccc(Nc2ccccc2)cc1. The van der Waals surface area contributed by atoms with Gasteiger partial charge in [0.1, 0.15) is 0 Å². The maximum atomic E-state index is 10.3. The van der Waals surface area contributed by atoms with E-state index < -0.39 is 0 Å². The largest absolute Gasteiger partial charge is 0.393 e. The van der Waals surface area contributed by atoms with Crippen molar-refractivity contribution < 1.29 is 5.11 Å². The molecule has 0 spiro atoms. The van der Waals surface area contributed by atoms with Gasteiger partial charge in [-0.15, -0.1) is 0 Å².